The predicted molar refractivity (Wildman–Crippen MR) is 78.8 cm³/mol. The summed E-state index contributed by atoms with van der Waals surface area (Å²) in [6.07, 6.45) is 4.92. The van der Waals surface area contributed by atoms with E-state index in [1.54, 1.807) is 7.11 Å². The Kier molecular flexibility index (Phi) is 3.23. The van der Waals surface area contributed by atoms with Gasteiger partial charge in [0.25, 0.3) is 0 Å². The molecule has 2 N–H and O–H groups in total. The van der Waals surface area contributed by atoms with Crippen LogP contribution < -0.4 is 10.5 Å². The van der Waals surface area contributed by atoms with E-state index in [1.165, 1.54) is 47.8 Å². The van der Waals surface area contributed by atoms with Crippen LogP contribution in [-0.2, 0) is 13.5 Å². The summed E-state index contributed by atoms with van der Waals surface area (Å²) in [5.41, 5.74) is 10.3. The third-order valence-corrected chi connectivity index (χ3v) is 4.48. The number of aryl methyl sites for hydroxylation is 1. The lowest BCUT2D eigenvalue weighted by atomic mass is 9.93. The Morgan fingerprint density at radius 1 is 1.37 bits per heavy atom. The van der Waals surface area contributed by atoms with Crippen molar-refractivity contribution in [2.45, 2.75) is 31.6 Å². The molecule has 0 saturated heterocycles. The molecule has 0 fully saturated rings. The minimum atomic E-state index is 0.494. The molecule has 3 rings (SSSR count). The molecule has 3 nitrogen and oxygen atoms in total. The molecular weight excluding hydrogens is 236 g/mol. The average molecular weight is 258 g/mol. The summed E-state index contributed by atoms with van der Waals surface area (Å²) >= 11 is 0. The zero-order chi connectivity index (χ0) is 13.4. The highest BCUT2D eigenvalue weighted by Crippen LogP contribution is 2.38. The Labute approximate surface area is 114 Å². The minimum Gasteiger partial charge on any atom is -0.497 e. The van der Waals surface area contributed by atoms with Crippen LogP contribution in [0.15, 0.2) is 18.2 Å². The van der Waals surface area contributed by atoms with Crippen LogP contribution in [0, 0.1) is 0 Å². The molecule has 19 heavy (non-hydrogen) atoms. The molecule has 1 aliphatic rings. The first-order chi connectivity index (χ1) is 9.26. The molecular formula is C16H22N2O. The number of aromatic nitrogens is 1. The van der Waals surface area contributed by atoms with Crippen LogP contribution in [0.5, 0.6) is 5.75 Å². The minimum absolute atomic E-state index is 0.494. The molecule has 0 bridgehead atoms. The van der Waals surface area contributed by atoms with E-state index in [0.29, 0.717) is 5.92 Å². The molecule has 0 aliphatic heterocycles. The van der Waals surface area contributed by atoms with Crippen LogP contribution in [-0.4, -0.2) is 18.2 Å². The van der Waals surface area contributed by atoms with Gasteiger partial charge in [0, 0.05) is 23.6 Å². The van der Waals surface area contributed by atoms with Gasteiger partial charge in [0.05, 0.1) is 7.11 Å². The lowest BCUT2D eigenvalue weighted by Gasteiger charge is -2.13. The first kappa shape index (κ1) is 12.5. The summed E-state index contributed by atoms with van der Waals surface area (Å²) in [6.45, 7) is 0.739. The maximum absolute atomic E-state index is 6.02. The molecule has 0 amide bonds. The molecule has 1 atom stereocenters. The average Bonchev–Trinajstić information content (AvgIpc) is 2.62. The van der Waals surface area contributed by atoms with Gasteiger partial charge in [-0.3, -0.25) is 0 Å². The highest BCUT2D eigenvalue weighted by atomic mass is 16.5. The molecule has 1 unspecified atom stereocenters. The van der Waals surface area contributed by atoms with Gasteiger partial charge in [0.1, 0.15) is 5.75 Å². The number of fused-ring (bicyclic) bond motifs is 3. The second kappa shape index (κ2) is 4.89. The lowest BCUT2D eigenvalue weighted by molar-refractivity contribution is 0.415. The molecule has 3 heteroatoms. The van der Waals surface area contributed by atoms with Crippen molar-refractivity contribution in [3.63, 3.8) is 0 Å². The molecule has 1 aromatic carbocycles. The van der Waals surface area contributed by atoms with Crippen LogP contribution >= 0.6 is 0 Å². The van der Waals surface area contributed by atoms with Gasteiger partial charge in [-0.05, 0) is 55.5 Å². The standard InChI is InChI=1S/C16H22N2O/c1-18-14-8-7-12(19-2)9-13(14)16-11(10-17)5-3-4-6-15(16)18/h7-9,11H,3-6,10,17H2,1-2H3. The van der Waals surface area contributed by atoms with Crippen LogP contribution in [0.2, 0.25) is 0 Å². The van der Waals surface area contributed by atoms with Crippen LogP contribution in [0.25, 0.3) is 10.9 Å². The predicted octanol–water partition coefficient (Wildman–Crippen LogP) is 2.96. The van der Waals surface area contributed by atoms with Gasteiger partial charge < -0.3 is 15.0 Å². The normalized spacial score (nSPS) is 19.2. The fourth-order valence-corrected chi connectivity index (χ4v) is 3.45. The highest BCUT2D eigenvalue weighted by Gasteiger charge is 2.24. The van der Waals surface area contributed by atoms with Gasteiger partial charge in [-0.2, -0.15) is 0 Å². The quantitative estimate of drug-likeness (QED) is 0.841. The van der Waals surface area contributed by atoms with Crippen molar-refractivity contribution in [1.29, 1.82) is 0 Å². The summed E-state index contributed by atoms with van der Waals surface area (Å²) < 4.78 is 7.73. The van der Waals surface area contributed by atoms with Crippen LogP contribution in [0.4, 0.5) is 0 Å². The zero-order valence-corrected chi connectivity index (χ0v) is 11.8. The van der Waals surface area contributed by atoms with Gasteiger partial charge in [0.2, 0.25) is 0 Å². The monoisotopic (exact) mass is 258 g/mol. The lowest BCUT2D eigenvalue weighted by Crippen LogP contribution is -2.12. The first-order valence-electron chi connectivity index (χ1n) is 7.11. The fraction of sp³-hybridized carbons (Fsp3) is 0.500. The van der Waals surface area contributed by atoms with E-state index in [0.717, 1.165) is 12.3 Å². The Bertz CT molecular complexity index is 600. The van der Waals surface area contributed by atoms with Crippen molar-refractivity contribution in [2.24, 2.45) is 12.8 Å². The third-order valence-electron chi connectivity index (χ3n) is 4.48. The first-order valence-corrected chi connectivity index (χ1v) is 7.11. The Morgan fingerprint density at radius 2 is 2.21 bits per heavy atom. The van der Waals surface area contributed by atoms with Crippen molar-refractivity contribution in [1.82, 2.24) is 4.57 Å². The largest absolute Gasteiger partial charge is 0.497 e. The van der Waals surface area contributed by atoms with Gasteiger partial charge in [-0.1, -0.05) is 6.42 Å². The number of methoxy groups -OCH3 is 1. The van der Waals surface area contributed by atoms with Gasteiger partial charge in [-0.25, -0.2) is 0 Å². The zero-order valence-electron chi connectivity index (χ0n) is 11.8. The second-order valence-corrected chi connectivity index (χ2v) is 5.48. The fourth-order valence-electron chi connectivity index (χ4n) is 3.45. The van der Waals surface area contributed by atoms with E-state index in [-0.39, 0.29) is 0 Å². The topological polar surface area (TPSA) is 40.2 Å². The molecule has 0 radical (unpaired) electrons. The van der Waals surface area contributed by atoms with Crippen molar-refractivity contribution in [3.05, 3.63) is 29.5 Å². The number of ether oxygens (including phenoxy) is 1. The number of nitrogens with zero attached hydrogens (tertiary/aromatic N) is 1. The van der Waals surface area contributed by atoms with E-state index in [2.05, 4.69) is 23.7 Å². The van der Waals surface area contributed by atoms with Gasteiger partial charge in [-0.15, -0.1) is 0 Å². The molecule has 1 aromatic heterocycles. The second-order valence-electron chi connectivity index (χ2n) is 5.48. The van der Waals surface area contributed by atoms with E-state index in [1.807, 2.05) is 6.07 Å². The van der Waals surface area contributed by atoms with Crippen molar-refractivity contribution in [2.75, 3.05) is 13.7 Å². The summed E-state index contributed by atoms with van der Waals surface area (Å²) in [7, 11) is 3.90. The SMILES string of the molecule is COc1ccc2c(c1)c1c(n2C)CCCCC1CN. The van der Waals surface area contributed by atoms with Gasteiger partial charge in [0.15, 0.2) is 0 Å². The number of rotatable bonds is 2. The molecule has 1 heterocycles. The van der Waals surface area contributed by atoms with Crippen LogP contribution in [0.3, 0.4) is 0 Å². The molecule has 0 spiro atoms. The maximum Gasteiger partial charge on any atom is 0.119 e. The number of hydrogen-bond donors (Lipinski definition) is 1. The van der Waals surface area contributed by atoms with Crippen LogP contribution in [0.1, 0.15) is 36.4 Å². The number of benzene rings is 1. The summed E-state index contributed by atoms with van der Waals surface area (Å²) in [6, 6.07) is 6.37. The Morgan fingerprint density at radius 3 is 2.95 bits per heavy atom. The Balaban J connectivity index is 2.28. The highest BCUT2D eigenvalue weighted by molar-refractivity contribution is 5.87. The molecule has 2 aromatic rings. The van der Waals surface area contributed by atoms with Crippen molar-refractivity contribution < 1.29 is 4.74 Å². The third kappa shape index (κ3) is 1.93. The number of nitrogens with two attached hydrogens (primary N) is 1. The molecule has 1 aliphatic carbocycles. The maximum atomic E-state index is 6.02. The summed E-state index contributed by atoms with van der Waals surface area (Å²) in [5.74, 6) is 1.43. The van der Waals surface area contributed by atoms with E-state index in [4.69, 9.17) is 10.5 Å². The smallest absolute Gasteiger partial charge is 0.119 e. The molecule has 0 saturated carbocycles. The van der Waals surface area contributed by atoms with E-state index >= 15 is 0 Å². The number of hydrogen-bond acceptors (Lipinski definition) is 2. The summed E-state index contributed by atoms with van der Waals surface area (Å²) in [5, 5.41) is 1.33. The molecule has 102 valence electrons. The Hall–Kier alpha value is -1.48. The van der Waals surface area contributed by atoms with Gasteiger partial charge >= 0.3 is 0 Å². The van der Waals surface area contributed by atoms with Crippen molar-refractivity contribution >= 4 is 10.9 Å². The van der Waals surface area contributed by atoms with E-state index < -0.39 is 0 Å². The van der Waals surface area contributed by atoms with E-state index in [9.17, 15) is 0 Å². The van der Waals surface area contributed by atoms with Crippen molar-refractivity contribution in [3.8, 4) is 5.75 Å². The summed E-state index contributed by atoms with van der Waals surface area (Å²) in [4.78, 5) is 0.